The van der Waals surface area contributed by atoms with Crippen LogP contribution in [-0.4, -0.2) is 0 Å². The predicted octanol–water partition coefficient (Wildman–Crippen LogP) is 3.86. The quantitative estimate of drug-likeness (QED) is 0.577. The van der Waals surface area contributed by atoms with Crippen LogP contribution >= 0.6 is 0 Å². The van der Waals surface area contributed by atoms with Crippen LogP contribution in [-0.2, 0) is 0 Å². The van der Waals surface area contributed by atoms with Crippen LogP contribution in [0.1, 0.15) is 52.9 Å². The lowest BCUT2D eigenvalue weighted by atomic mass is 9.70. The van der Waals surface area contributed by atoms with Crippen molar-refractivity contribution in [1.82, 2.24) is 0 Å². The van der Waals surface area contributed by atoms with Crippen LogP contribution in [0.3, 0.4) is 0 Å². The Labute approximate surface area is 71.4 Å². The maximum absolute atomic E-state index is 2.39. The van der Waals surface area contributed by atoms with Crippen LogP contribution in [0.15, 0.2) is 0 Å². The molecule has 0 heterocycles. The van der Waals surface area contributed by atoms with Gasteiger partial charge in [-0.1, -0.05) is 52.9 Å². The van der Waals surface area contributed by atoms with Gasteiger partial charge in [0.25, 0.3) is 0 Å². The third kappa shape index (κ3) is 2.21. The van der Waals surface area contributed by atoms with Crippen LogP contribution in [0.25, 0.3) is 0 Å². The summed E-state index contributed by atoms with van der Waals surface area (Å²) in [6.07, 6.45) is 7.37. The number of rotatable bonds is 4. The van der Waals surface area contributed by atoms with Crippen molar-refractivity contribution < 1.29 is 0 Å². The van der Waals surface area contributed by atoms with Crippen molar-refractivity contribution in [2.75, 3.05) is 0 Å². The van der Waals surface area contributed by atoms with Gasteiger partial charge in [-0.2, -0.15) is 0 Å². The van der Waals surface area contributed by atoms with Crippen LogP contribution in [0.5, 0.6) is 0 Å². The largest absolute Gasteiger partial charge is 0.0654 e. The topological polar surface area (TPSA) is 0 Å². The maximum Gasteiger partial charge on any atom is -0.0363 e. The highest BCUT2D eigenvalue weighted by molar-refractivity contribution is 4.79. The number of hydrogen-bond acceptors (Lipinski definition) is 0. The summed E-state index contributed by atoms with van der Waals surface area (Å²) in [4.78, 5) is 0. The minimum absolute atomic E-state index is 0.917. The molecule has 0 bridgehead atoms. The molecular formula is C11H22. The van der Waals surface area contributed by atoms with Crippen LogP contribution in [0.2, 0.25) is 0 Å². The average Bonchev–Trinajstić information content (AvgIpc) is 1.82. The molecule has 1 rings (SSSR count). The highest BCUT2D eigenvalue weighted by Gasteiger charge is 2.28. The van der Waals surface area contributed by atoms with Crippen LogP contribution < -0.4 is 0 Å². The van der Waals surface area contributed by atoms with Gasteiger partial charge >= 0.3 is 0 Å². The molecule has 1 saturated carbocycles. The maximum atomic E-state index is 2.39. The molecular weight excluding hydrogens is 132 g/mol. The van der Waals surface area contributed by atoms with Crippen molar-refractivity contribution in [3.05, 3.63) is 0 Å². The molecule has 0 aromatic carbocycles. The van der Waals surface area contributed by atoms with Crippen LogP contribution in [0, 0.1) is 17.8 Å². The summed E-state index contributed by atoms with van der Waals surface area (Å²) < 4.78 is 0. The molecule has 0 saturated heterocycles. The Hall–Kier alpha value is 0. The molecule has 1 atom stereocenters. The molecule has 66 valence electrons. The summed E-state index contributed by atoms with van der Waals surface area (Å²) in [5, 5.41) is 0. The third-order valence-electron chi connectivity index (χ3n) is 3.23. The fourth-order valence-corrected chi connectivity index (χ4v) is 2.31. The molecule has 0 nitrogen and oxygen atoms in total. The van der Waals surface area contributed by atoms with E-state index in [1.165, 1.54) is 32.1 Å². The first-order valence-corrected chi connectivity index (χ1v) is 5.25. The van der Waals surface area contributed by atoms with Crippen molar-refractivity contribution in [2.24, 2.45) is 17.8 Å². The zero-order chi connectivity index (χ0) is 8.27. The second-order valence-corrected chi connectivity index (χ2v) is 4.39. The Morgan fingerprint density at radius 3 is 2.18 bits per heavy atom. The van der Waals surface area contributed by atoms with E-state index in [4.69, 9.17) is 0 Å². The van der Waals surface area contributed by atoms with E-state index in [1.807, 2.05) is 0 Å². The van der Waals surface area contributed by atoms with Crippen molar-refractivity contribution in [2.45, 2.75) is 52.9 Å². The van der Waals surface area contributed by atoms with Crippen LogP contribution in [0.4, 0.5) is 0 Å². The Morgan fingerprint density at radius 1 is 1.27 bits per heavy atom. The van der Waals surface area contributed by atoms with E-state index >= 15 is 0 Å². The van der Waals surface area contributed by atoms with Gasteiger partial charge in [-0.15, -0.1) is 0 Å². The molecule has 0 heteroatoms. The molecule has 0 radical (unpaired) electrons. The Bertz CT molecular complexity index is 101. The normalized spacial score (nSPS) is 21.8. The van der Waals surface area contributed by atoms with E-state index in [1.54, 1.807) is 0 Å². The predicted molar refractivity (Wildman–Crippen MR) is 50.6 cm³/mol. The molecule has 0 aliphatic heterocycles. The Kier molecular flexibility index (Phi) is 3.42. The van der Waals surface area contributed by atoms with Gasteiger partial charge < -0.3 is 0 Å². The SMILES string of the molecule is CCCC(C(C)C)C1CCC1. The van der Waals surface area contributed by atoms with Gasteiger partial charge in [0.1, 0.15) is 0 Å². The molecule has 1 unspecified atom stereocenters. The second kappa shape index (κ2) is 4.13. The Balaban J connectivity index is 2.31. The second-order valence-electron chi connectivity index (χ2n) is 4.39. The summed E-state index contributed by atoms with van der Waals surface area (Å²) in [7, 11) is 0. The first kappa shape index (κ1) is 9.09. The van der Waals surface area contributed by atoms with E-state index in [0.717, 1.165) is 17.8 Å². The van der Waals surface area contributed by atoms with Crippen molar-refractivity contribution in [3.8, 4) is 0 Å². The monoisotopic (exact) mass is 154 g/mol. The van der Waals surface area contributed by atoms with Crippen molar-refractivity contribution >= 4 is 0 Å². The standard InChI is InChI=1S/C11H22/c1-4-6-11(9(2)3)10-7-5-8-10/h9-11H,4-8H2,1-3H3. The molecule has 0 N–H and O–H groups in total. The molecule has 11 heavy (non-hydrogen) atoms. The summed E-state index contributed by atoms with van der Waals surface area (Å²) in [6, 6.07) is 0. The minimum atomic E-state index is 0.917. The zero-order valence-electron chi connectivity index (χ0n) is 8.27. The van der Waals surface area contributed by atoms with Gasteiger partial charge in [-0.05, 0) is 17.8 Å². The van der Waals surface area contributed by atoms with Crippen molar-refractivity contribution in [3.63, 3.8) is 0 Å². The third-order valence-corrected chi connectivity index (χ3v) is 3.23. The lowest BCUT2D eigenvalue weighted by Crippen LogP contribution is -2.25. The summed E-state index contributed by atoms with van der Waals surface area (Å²) in [5.74, 6) is 3.05. The van der Waals surface area contributed by atoms with E-state index in [0.29, 0.717) is 0 Å². The molecule has 1 aliphatic carbocycles. The molecule has 0 aromatic rings. The van der Waals surface area contributed by atoms with Gasteiger partial charge in [0, 0.05) is 0 Å². The Morgan fingerprint density at radius 2 is 1.91 bits per heavy atom. The van der Waals surface area contributed by atoms with Gasteiger partial charge in [0.05, 0.1) is 0 Å². The lowest BCUT2D eigenvalue weighted by Gasteiger charge is -2.36. The zero-order valence-corrected chi connectivity index (χ0v) is 8.27. The van der Waals surface area contributed by atoms with Gasteiger partial charge in [-0.25, -0.2) is 0 Å². The van der Waals surface area contributed by atoms with E-state index in [-0.39, 0.29) is 0 Å². The number of hydrogen-bond donors (Lipinski definition) is 0. The van der Waals surface area contributed by atoms with Gasteiger partial charge in [0.15, 0.2) is 0 Å². The molecule has 1 fully saturated rings. The average molecular weight is 154 g/mol. The lowest BCUT2D eigenvalue weighted by molar-refractivity contribution is 0.149. The first-order valence-electron chi connectivity index (χ1n) is 5.25. The fourth-order valence-electron chi connectivity index (χ4n) is 2.31. The van der Waals surface area contributed by atoms with Gasteiger partial charge in [-0.3, -0.25) is 0 Å². The molecule has 0 amide bonds. The van der Waals surface area contributed by atoms with Crippen molar-refractivity contribution in [1.29, 1.82) is 0 Å². The van der Waals surface area contributed by atoms with E-state index in [2.05, 4.69) is 20.8 Å². The highest BCUT2D eigenvalue weighted by atomic mass is 14.3. The van der Waals surface area contributed by atoms with E-state index in [9.17, 15) is 0 Å². The smallest absolute Gasteiger partial charge is 0.0363 e. The minimum Gasteiger partial charge on any atom is -0.0654 e. The van der Waals surface area contributed by atoms with E-state index < -0.39 is 0 Å². The summed E-state index contributed by atoms with van der Waals surface area (Å²) >= 11 is 0. The summed E-state index contributed by atoms with van der Waals surface area (Å²) in [5.41, 5.74) is 0. The molecule has 0 spiro atoms. The summed E-state index contributed by atoms with van der Waals surface area (Å²) in [6.45, 7) is 7.09. The fraction of sp³-hybridized carbons (Fsp3) is 1.00. The highest BCUT2D eigenvalue weighted by Crippen LogP contribution is 2.39. The molecule has 1 aliphatic rings. The molecule has 0 aromatic heterocycles. The first-order chi connectivity index (χ1) is 5.25. The van der Waals surface area contributed by atoms with Gasteiger partial charge in [0.2, 0.25) is 0 Å².